The smallest absolute Gasteiger partial charge is 0.317 e. The quantitative estimate of drug-likeness (QED) is 0.868. The molecule has 3 heterocycles. The molecule has 1 N–H and O–H groups in total. The maximum Gasteiger partial charge on any atom is 0.317 e. The molecule has 1 fully saturated rings. The average Bonchev–Trinajstić information content (AvgIpc) is 3.39. The Bertz CT molecular complexity index is 787. The van der Waals surface area contributed by atoms with Crippen molar-refractivity contribution in [3.63, 3.8) is 0 Å². The lowest BCUT2D eigenvalue weighted by Crippen LogP contribution is -2.41. The standard InChI is InChI=1S/C17H20N4O5/c1-21(9-12-3-2-6-23-12)17(22)18-8-15-19-16(26-20-15)11-4-5-13-14(7-11)25-10-24-13/h4-5,7,12H,2-3,6,8-10H2,1H3,(H,18,22). The number of nitrogens with one attached hydrogen (secondary N) is 1. The van der Waals surface area contributed by atoms with Crippen LogP contribution in [0.4, 0.5) is 4.79 Å². The molecule has 1 aromatic carbocycles. The number of nitrogens with zero attached hydrogens (tertiary/aromatic N) is 3. The molecule has 0 aliphatic carbocycles. The number of carbonyl (C=O) groups is 1. The largest absolute Gasteiger partial charge is 0.454 e. The maximum atomic E-state index is 12.2. The molecule has 1 saturated heterocycles. The minimum absolute atomic E-state index is 0.119. The third-order valence-electron chi connectivity index (χ3n) is 4.33. The van der Waals surface area contributed by atoms with E-state index in [-0.39, 0.29) is 25.5 Å². The molecule has 0 saturated carbocycles. The van der Waals surface area contributed by atoms with E-state index >= 15 is 0 Å². The van der Waals surface area contributed by atoms with Crippen LogP contribution < -0.4 is 14.8 Å². The molecule has 4 rings (SSSR count). The molecule has 138 valence electrons. The van der Waals surface area contributed by atoms with E-state index in [4.69, 9.17) is 18.7 Å². The van der Waals surface area contributed by atoms with Crippen molar-refractivity contribution in [2.75, 3.05) is 27.0 Å². The highest BCUT2D eigenvalue weighted by molar-refractivity contribution is 5.73. The second-order valence-electron chi connectivity index (χ2n) is 6.26. The minimum Gasteiger partial charge on any atom is -0.454 e. The van der Waals surface area contributed by atoms with Gasteiger partial charge in [0.05, 0.1) is 12.6 Å². The van der Waals surface area contributed by atoms with E-state index in [9.17, 15) is 4.79 Å². The molecule has 1 atom stereocenters. The van der Waals surface area contributed by atoms with Crippen molar-refractivity contribution in [3.8, 4) is 23.0 Å². The van der Waals surface area contributed by atoms with Crippen molar-refractivity contribution in [1.82, 2.24) is 20.4 Å². The van der Waals surface area contributed by atoms with Gasteiger partial charge in [-0.1, -0.05) is 5.16 Å². The van der Waals surface area contributed by atoms with Gasteiger partial charge < -0.3 is 29.0 Å². The number of carbonyl (C=O) groups excluding carboxylic acids is 1. The molecule has 0 spiro atoms. The van der Waals surface area contributed by atoms with Crippen LogP contribution in [0.15, 0.2) is 22.7 Å². The maximum absolute atomic E-state index is 12.2. The molecule has 0 bridgehead atoms. The van der Waals surface area contributed by atoms with Gasteiger partial charge >= 0.3 is 6.03 Å². The first-order valence-corrected chi connectivity index (χ1v) is 8.52. The van der Waals surface area contributed by atoms with Crippen molar-refractivity contribution >= 4 is 6.03 Å². The zero-order chi connectivity index (χ0) is 17.9. The molecule has 2 aliphatic heterocycles. The normalized spacial score (nSPS) is 18.1. The fourth-order valence-corrected chi connectivity index (χ4v) is 2.94. The topological polar surface area (TPSA) is 99.0 Å². The van der Waals surface area contributed by atoms with Crippen LogP contribution >= 0.6 is 0 Å². The van der Waals surface area contributed by atoms with E-state index in [0.29, 0.717) is 29.8 Å². The number of benzene rings is 1. The Morgan fingerprint density at radius 3 is 3.08 bits per heavy atom. The highest BCUT2D eigenvalue weighted by Gasteiger charge is 2.21. The summed E-state index contributed by atoms with van der Waals surface area (Å²) < 4.78 is 21.4. The zero-order valence-electron chi connectivity index (χ0n) is 14.4. The van der Waals surface area contributed by atoms with Crippen LogP contribution in [0, 0.1) is 0 Å². The summed E-state index contributed by atoms with van der Waals surface area (Å²) in [6.07, 6.45) is 2.15. The Labute approximate surface area is 150 Å². The van der Waals surface area contributed by atoms with Crippen molar-refractivity contribution in [2.45, 2.75) is 25.5 Å². The van der Waals surface area contributed by atoms with Gasteiger partial charge in [-0.2, -0.15) is 4.98 Å². The highest BCUT2D eigenvalue weighted by atomic mass is 16.7. The van der Waals surface area contributed by atoms with Gasteiger partial charge in [0.1, 0.15) is 0 Å². The van der Waals surface area contributed by atoms with Crippen molar-refractivity contribution in [1.29, 1.82) is 0 Å². The third kappa shape index (κ3) is 3.57. The zero-order valence-corrected chi connectivity index (χ0v) is 14.4. The molecule has 2 aliphatic rings. The molecule has 1 unspecified atom stereocenters. The van der Waals surface area contributed by atoms with Gasteiger partial charge in [-0.3, -0.25) is 0 Å². The van der Waals surface area contributed by atoms with E-state index in [0.717, 1.165) is 25.0 Å². The van der Waals surface area contributed by atoms with Crippen LogP contribution in [0.25, 0.3) is 11.5 Å². The van der Waals surface area contributed by atoms with E-state index < -0.39 is 0 Å². The first-order chi connectivity index (χ1) is 12.7. The number of aromatic nitrogens is 2. The molecule has 26 heavy (non-hydrogen) atoms. The SMILES string of the molecule is CN(CC1CCCO1)C(=O)NCc1noc(-c2ccc3c(c2)OCO3)n1. The summed E-state index contributed by atoms with van der Waals surface area (Å²) in [5.74, 6) is 2.10. The summed E-state index contributed by atoms with van der Waals surface area (Å²) in [7, 11) is 1.74. The summed E-state index contributed by atoms with van der Waals surface area (Å²) in [5.41, 5.74) is 0.731. The summed E-state index contributed by atoms with van der Waals surface area (Å²) in [6, 6.07) is 5.20. The Morgan fingerprint density at radius 2 is 2.23 bits per heavy atom. The van der Waals surface area contributed by atoms with Gasteiger partial charge in [-0.15, -0.1) is 0 Å². The minimum atomic E-state index is -0.199. The lowest BCUT2D eigenvalue weighted by atomic mass is 10.2. The van der Waals surface area contributed by atoms with E-state index in [1.807, 2.05) is 6.07 Å². The fourth-order valence-electron chi connectivity index (χ4n) is 2.94. The van der Waals surface area contributed by atoms with Crippen LogP contribution in [-0.4, -0.2) is 54.2 Å². The van der Waals surface area contributed by atoms with Crippen LogP contribution in [0.5, 0.6) is 11.5 Å². The third-order valence-corrected chi connectivity index (χ3v) is 4.33. The summed E-state index contributed by atoms with van der Waals surface area (Å²) in [6.45, 7) is 1.73. The Morgan fingerprint density at radius 1 is 1.35 bits per heavy atom. The Kier molecular flexibility index (Phi) is 4.61. The van der Waals surface area contributed by atoms with Gasteiger partial charge in [0, 0.05) is 25.8 Å². The van der Waals surface area contributed by atoms with Crippen LogP contribution in [-0.2, 0) is 11.3 Å². The number of likely N-dealkylation sites (N-methyl/N-ethyl adjacent to an activating group) is 1. The molecule has 9 nitrogen and oxygen atoms in total. The number of amides is 2. The number of hydrogen-bond acceptors (Lipinski definition) is 7. The van der Waals surface area contributed by atoms with Gasteiger partial charge in [-0.05, 0) is 31.0 Å². The number of urea groups is 1. The second kappa shape index (κ2) is 7.20. The number of ether oxygens (including phenoxy) is 3. The first kappa shape index (κ1) is 16.6. The molecule has 1 aromatic heterocycles. The summed E-state index contributed by atoms with van der Waals surface area (Å²) >= 11 is 0. The average molecular weight is 360 g/mol. The summed E-state index contributed by atoms with van der Waals surface area (Å²) in [5, 5.41) is 6.69. The monoisotopic (exact) mass is 360 g/mol. The fraction of sp³-hybridized carbons (Fsp3) is 0.471. The van der Waals surface area contributed by atoms with Gasteiger partial charge in [0.2, 0.25) is 6.79 Å². The van der Waals surface area contributed by atoms with Gasteiger partial charge in [0.15, 0.2) is 17.3 Å². The molecule has 0 radical (unpaired) electrons. The predicted octanol–water partition coefficient (Wildman–Crippen LogP) is 1.79. The van der Waals surface area contributed by atoms with Gasteiger partial charge in [-0.25, -0.2) is 4.79 Å². The highest BCUT2D eigenvalue weighted by Crippen LogP contribution is 2.35. The van der Waals surface area contributed by atoms with Gasteiger partial charge in [0.25, 0.3) is 5.89 Å². The lowest BCUT2D eigenvalue weighted by Gasteiger charge is -2.20. The predicted molar refractivity (Wildman–Crippen MR) is 89.7 cm³/mol. The summed E-state index contributed by atoms with van der Waals surface area (Å²) in [4.78, 5) is 18.1. The van der Waals surface area contributed by atoms with Crippen molar-refractivity contribution < 1.29 is 23.5 Å². The van der Waals surface area contributed by atoms with Crippen molar-refractivity contribution in [3.05, 3.63) is 24.0 Å². The van der Waals surface area contributed by atoms with Crippen LogP contribution in [0.3, 0.4) is 0 Å². The van der Waals surface area contributed by atoms with E-state index in [1.165, 1.54) is 0 Å². The number of rotatable bonds is 5. The number of fused-ring (bicyclic) bond motifs is 1. The second-order valence-corrected chi connectivity index (χ2v) is 6.26. The van der Waals surface area contributed by atoms with Crippen molar-refractivity contribution in [2.24, 2.45) is 0 Å². The van der Waals surface area contributed by atoms with Crippen LogP contribution in [0.2, 0.25) is 0 Å². The molecular weight excluding hydrogens is 340 g/mol. The molecule has 9 heteroatoms. The van der Waals surface area contributed by atoms with Crippen LogP contribution in [0.1, 0.15) is 18.7 Å². The number of hydrogen-bond donors (Lipinski definition) is 1. The molecule has 2 amide bonds. The van der Waals surface area contributed by atoms with E-state index in [2.05, 4.69) is 15.5 Å². The Balaban J connectivity index is 1.32. The first-order valence-electron chi connectivity index (χ1n) is 8.52. The van der Waals surface area contributed by atoms with E-state index in [1.54, 1.807) is 24.1 Å². The Hall–Kier alpha value is -2.81. The lowest BCUT2D eigenvalue weighted by molar-refractivity contribution is 0.0874. The molecule has 2 aromatic rings. The molecular formula is C17H20N4O5.